The van der Waals surface area contributed by atoms with E-state index in [9.17, 15) is 4.79 Å². The molecule has 120 valence electrons. The Kier molecular flexibility index (Phi) is 7.08. The van der Waals surface area contributed by atoms with E-state index < -0.39 is 5.97 Å². The van der Waals surface area contributed by atoms with Gasteiger partial charge in [-0.15, -0.1) is 5.10 Å². The van der Waals surface area contributed by atoms with E-state index in [-0.39, 0.29) is 5.69 Å². The lowest BCUT2D eigenvalue weighted by molar-refractivity contribution is 0.0518. The normalized spacial score (nSPS) is 9.68. The zero-order valence-electron chi connectivity index (χ0n) is 13.8. The fraction of sp³-hybridized carbons (Fsp3) is 0.438. The molecule has 0 unspecified atom stereocenters. The lowest BCUT2D eigenvalue weighted by atomic mass is 10.2. The van der Waals surface area contributed by atoms with Crippen molar-refractivity contribution in [2.75, 3.05) is 13.7 Å². The smallest absolute Gasteiger partial charge is 0.360 e. The molecule has 6 heteroatoms. The summed E-state index contributed by atoms with van der Waals surface area (Å²) in [4.78, 5) is 11.7. The van der Waals surface area contributed by atoms with Crippen molar-refractivity contribution < 1.29 is 14.3 Å². The highest BCUT2D eigenvalue weighted by molar-refractivity contribution is 5.88. The Balaban J connectivity index is 0.00000116. The van der Waals surface area contributed by atoms with E-state index in [1.54, 1.807) is 25.6 Å². The van der Waals surface area contributed by atoms with Crippen LogP contribution in [0.2, 0.25) is 0 Å². The Labute approximate surface area is 131 Å². The highest BCUT2D eigenvalue weighted by atomic mass is 16.5. The number of methoxy groups -OCH3 is 1. The second-order valence-corrected chi connectivity index (χ2v) is 4.25. The molecule has 1 aromatic heterocycles. The van der Waals surface area contributed by atoms with Gasteiger partial charge in [-0.2, -0.15) is 0 Å². The minimum atomic E-state index is -0.439. The van der Waals surface area contributed by atoms with Gasteiger partial charge >= 0.3 is 5.97 Å². The molecule has 1 aromatic carbocycles. The van der Waals surface area contributed by atoms with E-state index >= 15 is 0 Å². The molecule has 2 rings (SSSR count). The third kappa shape index (κ3) is 4.31. The highest BCUT2D eigenvalue weighted by Gasteiger charge is 2.17. The summed E-state index contributed by atoms with van der Waals surface area (Å²) in [6.07, 6.45) is 0. The van der Waals surface area contributed by atoms with Crippen molar-refractivity contribution in [3.63, 3.8) is 0 Å². The zero-order chi connectivity index (χ0) is 16.5. The van der Waals surface area contributed by atoms with Crippen LogP contribution >= 0.6 is 0 Å². The van der Waals surface area contributed by atoms with Crippen LogP contribution in [0.3, 0.4) is 0 Å². The molecule has 0 saturated heterocycles. The van der Waals surface area contributed by atoms with Crippen LogP contribution in [0.15, 0.2) is 24.3 Å². The van der Waals surface area contributed by atoms with E-state index in [4.69, 9.17) is 9.47 Å². The molecule has 2 aromatic rings. The number of carbonyl (C=O) groups excluding carboxylic acids is 1. The summed E-state index contributed by atoms with van der Waals surface area (Å²) in [7, 11) is 1.63. The van der Waals surface area contributed by atoms with Crippen LogP contribution in [0.25, 0.3) is 0 Å². The molecule has 0 aliphatic heterocycles. The Bertz CT molecular complexity index is 591. The number of hydrogen-bond acceptors (Lipinski definition) is 5. The Morgan fingerprint density at radius 3 is 2.41 bits per heavy atom. The quantitative estimate of drug-likeness (QED) is 0.795. The van der Waals surface area contributed by atoms with Gasteiger partial charge in [0.1, 0.15) is 5.75 Å². The number of carbonyl (C=O) groups is 1. The average Bonchev–Trinajstić information content (AvgIpc) is 2.91. The Hall–Kier alpha value is -2.37. The standard InChI is InChI=1S/C14H17N3O3.C2H6/c1-4-20-14(18)13-10(2)17(16-15-13)9-11-5-7-12(19-3)8-6-11;1-2/h5-8H,4,9H2,1-3H3;1-2H3. The first-order valence-corrected chi connectivity index (χ1v) is 7.35. The van der Waals surface area contributed by atoms with Gasteiger partial charge in [0.25, 0.3) is 0 Å². The lowest BCUT2D eigenvalue weighted by Gasteiger charge is -2.05. The van der Waals surface area contributed by atoms with E-state index in [2.05, 4.69) is 10.3 Å². The molecule has 0 aliphatic carbocycles. The van der Waals surface area contributed by atoms with E-state index in [1.165, 1.54) is 0 Å². The molecule has 0 aliphatic rings. The fourth-order valence-corrected chi connectivity index (χ4v) is 1.80. The zero-order valence-corrected chi connectivity index (χ0v) is 13.8. The number of hydrogen-bond donors (Lipinski definition) is 0. The first-order chi connectivity index (χ1) is 10.7. The predicted molar refractivity (Wildman–Crippen MR) is 84.2 cm³/mol. The maximum Gasteiger partial charge on any atom is 0.360 e. The van der Waals surface area contributed by atoms with Crippen LogP contribution < -0.4 is 4.74 Å². The SMILES string of the molecule is CC.CCOC(=O)c1nnn(Cc2ccc(OC)cc2)c1C. The van der Waals surface area contributed by atoms with Gasteiger partial charge in [-0.25, -0.2) is 9.48 Å². The average molecular weight is 305 g/mol. The molecule has 0 saturated carbocycles. The minimum absolute atomic E-state index is 0.264. The number of benzene rings is 1. The van der Waals surface area contributed by atoms with Gasteiger partial charge in [-0.3, -0.25) is 0 Å². The highest BCUT2D eigenvalue weighted by Crippen LogP contribution is 2.13. The van der Waals surface area contributed by atoms with Gasteiger partial charge in [-0.1, -0.05) is 31.2 Å². The third-order valence-corrected chi connectivity index (χ3v) is 2.94. The first-order valence-electron chi connectivity index (χ1n) is 7.35. The van der Waals surface area contributed by atoms with E-state index in [0.29, 0.717) is 18.8 Å². The molecule has 22 heavy (non-hydrogen) atoms. The van der Waals surface area contributed by atoms with Gasteiger partial charge in [0.15, 0.2) is 5.69 Å². The summed E-state index contributed by atoms with van der Waals surface area (Å²) in [6.45, 7) is 8.43. The minimum Gasteiger partial charge on any atom is -0.497 e. The Morgan fingerprint density at radius 1 is 1.23 bits per heavy atom. The number of ether oxygens (including phenoxy) is 2. The van der Waals surface area contributed by atoms with Crippen LogP contribution in [0, 0.1) is 6.92 Å². The number of rotatable bonds is 5. The number of aromatic nitrogens is 3. The molecule has 0 amide bonds. The van der Waals surface area contributed by atoms with Crippen molar-refractivity contribution in [2.24, 2.45) is 0 Å². The summed E-state index contributed by atoms with van der Waals surface area (Å²) in [5, 5.41) is 7.87. The van der Waals surface area contributed by atoms with Crippen LogP contribution in [-0.2, 0) is 11.3 Å². The van der Waals surface area contributed by atoms with Gasteiger partial charge in [0.05, 0.1) is 26.0 Å². The molecule has 0 bridgehead atoms. The van der Waals surface area contributed by atoms with Crippen LogP contribution in [0.5, 0.6) is 5.75 Å². The summed E-state index contributed by atoms with van der Waals surface area (Å²) < 4.78 is 11.7. The second-order valence-electron chi connectivity index (χ2n) is 4.25. The van der Waals surface area contributed by atoms with Gasteiger partial charge < -0.3 is 9.47 Å². The number of nitrogens with zero attached hydrogens (tertiary/aromatic N) is 3. The Morgan fingerprint density at radius 2 is 1.86 bits per heavy atom. The second kappa shape index (κ2) is 8.81. The molecule has 0 spiro atoms. The third-order valence-electron chi connectivity index (χ3n) is 2.94. The van der Waals surface area contributed by atoms with E-state index in [0.717, 1.165) is 11.3 Å². The van der Waals surface area contributed by atoms with E-state index in [1.807, 2.05) is 38.1 Å². The van der Waals surface area contributed by atoms with Gasteiger partial charge in [0.2, 0.25) is 0 Å². The van der Waals surface area contributed by atoms with Crippen molar-refractivity contribution in [2.45, 2.75) is 34.2 Å². The number of esters is 1. The molecular formula is C16H23N3O3. The fourth-order valence-electron chi connectivity index (χ4n) is 1.80. The van der Waals surface area contributed by atoms with Gasteiger partial charge in [-0.05, 0) is 31.5 Å². The topological polar surface area (TPSA) is 66.2 Å². The molecule has 0 fully saturated rings. The molecule has 6 nitrogen and oxygen atoms in total. The largest absolute Gasteiger partial charge is 0.497 e. The molecule has 0 radical (unpaired) electrons. The molecule has 1 heterocycles. The molecule has 0 atom stereocenters. The maximum atomic E-state index is 11.7. The first kappa shape index (κ1) is 17.7. The van der Waals surface area contributed by atoms with Crippen LogP contribution in [0.4, 0.5) is 0 Å². The maximum absolute atomic E-state index is 11.7. The van der Waals surface area contributed by atoms with Crippen molar-refractivity contribution in [3.05, 3.63) is 41.2 Å². The summed E-state index contributed by atoms with van der Waals surface area (Å²) in [6, 6.07) is 7.66. The monoisotopic (exact) mass is 305 g/mol. The van der Waals surface area contributed by atoms with Crippen molar-refractivity contribution in [1.29, 1.82) is 0 Å². The summed E-state index contributed by atoms with van der Waals surface area (Å²) >= 11 is 0. The summed E-state index contributed by atoms with van der Waals surface area (Å²) in [5.41, 5.74) is 2.01. The van der Waals surface area contributed by atoms with Crippen molar-refractivity contribution in [3.8, 4) is 5.75 Å². The lowest BCUT2D eigenvalue weighted by Crippen LogP contribution is -2.08. The molecule has 0 N–H and O–H groups in total. The van der Waals surface area contributed by atoms with Crippen molar-refractivity contribution in [1.82, 2.24) is 15.0 Å². The predicted octanol–water partition coefficient (Wildman–Crippen LogP) is 2.85. The molecular weight excluding hydrogens is 282 g/mol. The van der Waals surface area contributed by atoms with Crippen LogP contribution in [-0.4, -0.2) is 34.7 Å². The van der Waals surface area contributed by atoms with Crippen LogP contribution in [0.1, 0.15) is 42.5 Å². The van der Waals surface area contributed by atoms with Crippen molar-refractivity contribution >= 4 is 5.97 Å². The van der Waals surface area contributed by atoms with Gasteiger partial charge in [0, 0.05) is 0 Å². The summed E-state index contributed by atoms with van der Waals surface area (Å²) in [5.74, 6) is 0.363.